The summed E-state index contributed by atoms with van der Waals surface area (Å²) in [7, 11) is -0.674. The van der Waals surface area contributed by atoms with Crippen LogP contribution in [0.3, 0.4) is 0 Å². The van der Waals surface area contributed by atoms with Crippen molar-refractivity contribution in [1.82, 2.24) is 10.2 Å². The zero-order chi connectivity index (χ0) is 18.2. The van der Waals surface area contributed by atoms with Crippen LogP contribution in [0.4, 0.5) is 0 Å². The maximum Gasteiger partial charge on any atom is 0.356 e. The summed E-state index contributed by atoms with van der Waals surface area (Å²) in [4.78, 5) is 37.1. The van der Waals surface area contributed by atoms with Gasteiger partial charge in [-0.3, -0.25) is 9.59 Å². The molecule has 2 saturated heterocycles. The van der Waals surface area contributed by atoms with Gasteiger partial charge in [-0.2, -0.15) is 0 Å². The summed E-state index contributed by atoms with van der Waals surface area (Å²) in [5.74, 6) is -1.56. The molecule has 2 aliphatic rings. The number of piperidine rings is 1. The van der Waals surface area contributed by atoms with E-state index < -0.39 is 32.3 Å². The monoisotopic (exact) mass is 356 g/mol. The largest absolute Gasteiger partial charge is 0.464 e. The lowest BCUT2D eigenvalue weighted by Gasteiger charge is -2.29. The molecular formula is C15H24N2O6Si. The summed E-state index contributed by atoms with van der Waals surface area (Å²) < 4.78 is 16.4. The third kappa shape index (κ3) is 3.96. The summed E-state index contributed by atoms with van der Waals surface area (Å²) in [6.07, 6.45) is -1.10. The van der Waals surface area contributed by atoms with Gasteiger partial charge in [0.05, 0.1) is 18.8 Å². The van der Waals surface area contributed by atoms with Crippen LogP contribution < -0.4 is 5.32 Å². The van der Waals surface area contributed by atoms with Gasteiger partial charge in [0, 0.05) is 20.4 Å². The van der Waals surface area contributed by atoms with Gasteiger partial charge in [-0.05, 0) is 19.6 Å². The number of nitrogens with one attached hydrogen (secondary N) is 1. The normalized spacial score (nSPS) is 27.2. The Bertz CT molecular complexity index is 597. The van der Waals surface area contributed by atoms with Crippen LogP contribution >= 0.6 is 0 Å². The third-order valence-corrected chi connectivity index (χ3v) is 4.62. The first kappa shape index (κ1) is 18.5. The van der Waals surface area contributed by atoms with E-state index in [1.807, 2.05) is 24.5 Å². The van der Waals surface area contributed by atoms with Crippen LogP contribution in [-0.2, 0) is 28.3 Å². The number of methoxy groups -OCH3 is 1. The molecule has 0 aromatic carbocycles. The Balaban J connectivity index is 2.45. The first-order chi connectivity index (χ1) is 11.0. The van der Waals surface area contributed by atoms with Gasteiger partial charge in [-0.25, -0.2) is 4.79 Å². The van der Waals surface area contributed by atoms with Crippen molar-refractivity contribution in [2.45, 2.75) is 51.7 Å². The summed E-state index contributed by atoms with van der Waals surface area (Å²) >= 11 is 0. The van der Waals surface area contributed by atoms with Crippen molar-refractivity contribution in [3.05, 3.63) is 11.4 Å². The van der Waals surface area contributed by atoms with E-state index in [2.05, 4.69) is 5.32 Å². The minimum absolute atomic E-state index is 0.000394. The lowest BCUT2D eigenvalue weighted by atomic mass is 10.1. The fraction of sp³-hybridized carbons (Fsp3) is 0.667. The number of fused-ring (bicyclic) bond motifs is 1. The van der Waals surface area contributed by atoms with Crippen molar-refractivity contribution in [2.75, 3.05) is 13.7 Å². The van der Waals surface area contributed by atoms with Crippen LogP contribution in [0, 0.1) is 0 Å². The van der Waals surface area contributed by atoms with Gasteiger partial charge in [-0.1, -0.05) is 0 Å². The van der Waals surface area contributed by atoms with Gasteiger partial charge in [0.2, 0.25) is 5.91 Å². The molecule has 0 bridgehead atoms. The number of carbonyl (C=O) groups is 3. The molecule has 2 rings (SSSR count). The second-order valence-electron chi connectivity index (χ2n) is 6.88. The van der Waals surface area contributed by atoms with E-state index in [-0.39, 0.29) is 17.8 Å². The molecule has 24 heavy (non-hydrogen) atoms. The van der Waals surface area contributed by atoms with E-state index in [0.29, 0.717) is 12.2 Å². The van der Waals surface area contributed by atoms with Gasteiger partial charge < -0.3 is 24.1 Å². The van der Waals surface area contributed by atoms with Crippen molar-refractivity contribution >= 4 is 26.2 Å². The number of hydrogen-bond acceptors (Lipinski definition) is 7. The Hall–Kier alpha value is -1.87. The molecule has 0 aromatic rings. The molecule has 134 valence electrons. The highest BCUT2D eigenvalue weighted by Crippen LogP contribution is 2.44. The van der Waals surface area contributed by atoms with Gasteiger partial charge in [0.15, 0.2) is 20.1 Å². The molecule has 2 fully saturated rings. The van der Waals surface area contributed by atoms with Crippen LogP contribution in [0.25, 0.3) is 0 Å². The molecule has 1 amide bonds. The minimum atomic E-state index is -1.91. The maximum atomic E-state index is 12.1. The number of hydrogen-bond donors (Lipinski definition) is 1. The summed E-state index contributed by atoms with van der Waals surface area (Å²) in [5, 5.41) is 2.51. The van der Waals surface area contributed by atoms with E-state index >= 15 is 0 Å². The summed E-state index contributed by atoms with van der Waals surface area (Å²) in [6, 6.07) is 0.0319. The first-order valence-electron chi connectivity index (χ1n) is 7.77. The number of ether oxygens (including phenoxy) is 2. The lowest BCUT2D eigenvalue weighted by Crippen LogP contribution is -2.43. The first-order valence-corrected chi connectivity index (χ1v) is 11.2. The van der Waals surface area contributed by atoms with E-state index in [0.717, 1.165) is 0 Å². The smallest absolute Gasteiger partial charge is 0.356 e. The maximum absolute atomic E-state index is 12.1. The van der Waals surface area contributed by atoms with Crippen LogP contribution in [0.5, 0.6) is 0 Å². The van der Waals surface area contributed by atoms with Crippen molar-refractivity contribution in [3.8, 4) is 0 Å². The Kier molecular flexibility index (Phi) is 5.05. The highest BCUT2D eigenvalue weighted by Gasteiger charge is 2.59. The molecular weight excluding hydrogens is 332 g/mol. The quantitative estimate of drug-likeness (QED) is 0.329. The summed E-state index contributed by atoms with van der Waals surface area (Å²) in [6.45, 7) is 9.42. The van der Waals surface area contributed by atoms with E-state index in [1.54, 1.807) is 0 Å². The molecule has 8 nitrogen and oxygen atoms in total. The highest BCUT2D eigenvalue weighted by atomic mass is 28.4. The fourth-order valence-electron chi connectivity index (χ4n) is 2.87. The van der Waals surface area contributed by atoms with Crippen molar-refractivity contribution in [1.29, 1.82) is 0 Å². The van der Waals surface area contributed by atoms with E-state index in [4.69, 9.17) is 13.9 Å². The van der Waals surface area contributed by atoms with Gasteiger partial charge >= 0.3 is 11.9 Å². The van der Waals surface area contributed by atoms with E-state index in [1.165, 1.54) is 21.0 Å². The summed E-state index contributed by atoms with van der Waals surface area (Å²) in [5.41, 5.74) is 0.445. The molecule has 0 aliphatic carbocycles. The van der Waals surface area contributed by atoms with Gasteiger partial charge in [0.25, 0.3) is 0 Å². The molecule has 2 heterocycles. The average molecular weight is 356 g/mol. The lowest BCUT2D eigenvalue weighted by molar-refractivity contribution is -0.148. The second-order valence-corrected chi connectivity index (χ2v) is 11.3. The second kappa shape index (κ2) is 6.56. The third-order valence-electron chi connectivity index (χ3n) is 3.64. The van der Waals surface area contributed by atoms with Crippen LogP contribution in [0.1, 0.15) is 13.8 Å². The number of rotatable bonds is 5. The molecule has 1 N–H and O–H groups in total. The molecule has 3 atom stereocenters. The molecule has 0 unspecified atom stereocenters. The average Bonchev–Trinajstić information content (AvgIpc) is 3.15. The fourth-order valence-corrected chi connectivity index (χ4v) is 3.96. The molecule has 0 radical (unpaired) electrons. The Morgan fingerprint density at radius 1 is 1.21 bits per heavy atom. The number of nitrogens with zero attached hydrogens (tertiary/aromatic N) is 1. The number of esters is 2. The number of carbonyl (C=O) groups excluding carboxylic acids is 3. The topological polar surface area (TPSA) is 93.9 Å². The number of amides is 1. The zero-order valence-electron chi connectivity index (χ0n) is 14.8. The van der Waals surface area contributed by atoms with Gasteiger partial charge in [0.1, 0.15) is 6.10 Å². The molecule has 2 aliphatic heterocycles. The minimum Gasteiger partial charge on any atom is -0.464 e. The Morgan fingerprint density at radius 2 is 1.83 bits per heavy atom. The van der Waals surface area contributed by atoms with Crippen LogP contribution in [0.2, 0.25) is 19.6 Å². The molecule has 0 saturated carbocycles. The molecule has 9 heteroatoms. The Labute approximate surface area is 142 Å². The van der Waals surface area contributed by atoms with Crippen molar-refractivity contribution in [2.24, 2.45) is 0 Å². The van der Waals surface area contributed by atoms with E-state index in [9.17, 15) is 14.4 Å². The van der Waals surface area contributed by atoms with Gasteiger partial charge in [-0.15, -0.1) is 0 Å². The molecule has 0 spiro atoms. The predicted octanol–water partition coefficient (Wildman–Crippen LogP) is 0.357. The molecule has 0 aromatic heterocycles. The highest BCUT2D eigenvalue weighted by molar-refractivity contribution is 6.69. The van der Waals surface area contributed by atoms with Crippen LogP contribution in [-0.4, -0.2) is 63.0 Å². The van der Waals surface area contributed by atoms with Crippen molar-refractivity contribution in [3.63, 3.8) is 0 Å². The predicted molar refractivity (Wildman–Crippen MR) is 87.1 cm³/mol. The SMILES string of the molecule is COC(=O)/C(NC(C)=O)=C1/[C@@H](OC(C)=O)[C@H](O[Si](C)(C)C)[C@@H]2CN12. The zero-order valence-corrected chi connectivity index (χ0v) is 15.8. The Morgan fingerprint density at radius 3 is 2.29 bits per heavy atom. The standard InChI is InChI=1S/C15H24N2O6Si/c1-8(18)16-11(15(20)21-3)12-14(22-9(2)19)13(10-7-17(10)12)23-24(4,5)6/h10,13-14H,7H2,1-6H3,(H,16,18)/b12-11+/t10-,13+,14+,17?/m0/s1. The van der Waals surface area contributed by atoms with Crippen molar-refractivity contribution < 1.29 is 28.3 Å². The van der Waals surface area contributed by atoms with Crippen LogP contribution in [0.15, 0.2) is 11.4 Å².